The summed E-state index contributed by atoms with van der Waals surface area (Å²) in [6.45, 7) is 3.56. The second-order valence-corrected chi connectivity index (χ2v) is 6.42. The number of sulfonamides is 1. The van der Waals surface area contributed by atoms with E-state index >= 15 is 0 Å². The van der Waals surface area contributed by atoms with Gasteiger partial charge in [-0.05, 0) is 32.6 Å². The molecule has 1 aromatic heterocycles. The SMILES string of the molecule is CCCS(=O)(=O)Nc1ccc(NCCN(C)C)cn1. The molecule has 0 saturated heterocycles. The van der Waals surface area contributed by atoms with Crippen molar-refractivity contribution in [2.24, 2.45) is 0 Å². The van der Waals surface area contributed by atoms with Crippen LogP contribution in [0.15, 0.2) is 18.3 Å². The molecule has 6 nitrogen and oxygen atoms in total. The van der Waals surface area contributed by atoms with E-state index < -0.39 is 10.0 Å². The van der Waals surface area contributed by atoms with Crippen molar-refractivity contribution >= 4 is 21.5 Å². The van der Waals surface area contributed by atoms with Crippen molar-refractivity contribution in [1.82, 2.24) is 9.88 Å². The summed E-state index contributed by atoms with van der Waals surface area (Å²) in [5, 5.41) is 3.21. The summed E-state index contributed by atoms with van der Waals surface area (Å²) >= 11 is 0. The molecule has 0 bridgehead atoms. The highest BCUT2D eigenvalue weighted by molar-refractivity contribution is 7.92. The summed E-state index contributed by atoms with van der Waals surface area (Å²) in [6, 6.07) is 3.47. The van der Waals surface area contributed by atoms with Gasteiger partial charge in [0, 0.05) is 13.1 Å². The van der Waals surface area contributed by atoms with Crippen LogP contribution in [0.25, 0.3) is 0 Å². The van der Waals surface area contributed by atoms with E-state index in [0.29, 0.717) is 12.2 Å². The van der Waals surface area contributed by atoms with Crippen LogP contribution in [-0.2, 0) is 10.0 Å². The third kappa shape index (κ3) is 6.40. The van der Waals surface area contributed by atoms with Crippen LogP contribution in [0.5, 0.6) is 0 Å². The third-order valence-electron chi connectivity index (χ3n) is 2.38. The van der Waals surface area contributed by atoms with Crippen molar-refractivity contribution < 1.29 is 8.42 Å². The van der Waals surface area contributed by atoms with Gasteiger partial charge >= 0.3 is 0 Å². The maximum Gasteiger partial charge on any atom is 0.233 e. The first-order valence-corrected chi connectivity index (χ1v) is 7.93. The van der Waals surface area contributed by atoms with Crippen LogP contribution in [0.4, 0.5) is 11.5 Å². The third-order valence-corrected chi connectivity index (χ3v) is 3.85. The highest BCUT2D eigenvalue weighted by atomic mass is 32.2. The van der Waals surface area contributed by atoms with Crippen molar-refractivity contribution in [2.75, 3.05) is 43.0 Å². The highest BCUT2D eigenvalue weighted by Crippen LogP contribution is 2.11. The minimum Gasteiger partial charge on any atom is -0.383 e. The number of hydrogen-bond acceptors (Lipinski definition) is 5. The molecule has 0 amide bonds. The molecule has 0 aromatic carbocycles. The maximum atomic E-state index is 11.6. The van der Waals surface area contributed by atoms with Gasteiger partial charge in [0.25, 0.3) is 0 Å². The number of hydrogen-bond donors (Lipinski definition) is 2. The smallest absolute Gasteiger partial charge is 0.233 e. The Balaban J connectivity index is 2.52. The fourth-order valence-corrected chi connectivity index (χ4v) is 2.54. The van der Waals surface area contributed by atoms with Crippen LogP contribution in [0, 0.1) is 0 Å². The number of aromatic nitrogens is 1. The molecule has 0 radical (unpaired) electrons. The van der Waals surface area contributed by atoms with E-state index in [1.807, 2.05) is 27.1 Å². The van der Waals surface area contributed by atoms with Gasteiger partial charge in [-0.1, -0.05) is 6.92 Å². The summed E-state index contributed by atoms with van der Waals surface area (Å²) in [4.78, 5) is 6.15. The van der Waals surface area contributed by atoms with Gasteiger partial charge in [-0.3, -0.25) is 4.72 Å². The molecule has 1 rings (SSSR count). The predicted molar refractivity (Wildman–Crippen MR) is 79.0 cm³/mol. The number of nitrogens with one attached hydrogen (secondary N) is 2. The number of nitrogens with zero attached hydrogens (tertiary/aromatic N) is 2. The van der Waals surface area contributed by atoms with Crippen molar-refractivity contribution in [3.8, 4) is 0 Å². The molecular weight excluding hydrogens is 264 g/mol. The van der Waals surface area contributed by atoms with Crippen molar-refractivity contribution in [1.29, 1.82) is 0 Å². The fourth-order valence-electron chi connectivity index (χ4n) is 1.46. The van der Waals surface area contributed by atoms with Crippen molar-refractivity contribution in [3.05, 3.63) is 18.3 Å². The first kappa shape index (κ1) is 15.7. The monoisotopic (exact) mass is 286 g/mol. The second kappa shape index (κ2) is 7.30. The summed E-state index contributed by atoms with van der Waals surface area (Å²) in [6.07, 6.45) is 2.21. The fraction of sp³-hybridized carbons (Fsp3) is 0.583. The first-order chi connectivity index (χ1) is 8.93. The lowest BCUT2D eigenvalue weighted by Crippen LogP contribution is -2.21. The lowest BCUT2D eigenvalue weighted by atomic mass is 10.4. The quantitative estimate of drug-likeness (QED) is 0.751. The Hall–Kier alpha value is -1.34. The zero-order chi connectivity index (χ0) is 14.3. The van der Waals surface area contributed by atoms with E-state index in [1.54, 1.807) is 12.3 Å². The molecule has 1 heterocycles. The molecule has 0 spiro atoms. The number of rotatable bonds is 8. The Labute approximate surface area is 115 Å². The molecular formula is C12H22N4O2S. The van der Waals surface area contributed by atoms with Crippen LogP contribution >= 0.6 is 0 Å². The van der Waals surface area contributed by atoms with Gasteiger partial charge < -0.3 is 10.2 Å². The van der Waals surface area contributed by atoms with E-state index in [4.69, 9.17) is 0 Å². The van der Waals surface area contributed by atoms with Crippen LogP contribution in [0.1, 0.15) is 13.3 Å². The van der Waals surface area contributed by atoms with Gasteiger partial charge in [-0.15, -0.1) is 0 Å². The Kier molecular flexibility index (Phi) is 6.04. The number of pyridine rings is 1. The van der Waals surface area contributed by atoms with Crippen LogP contribution in [-0.4, -0.2) is 51.2 Å². The normalized spacial score (nSPS) is 11.6. The van der Waals surface area contributed by atoms with Crippen LogP contribution in [0.2, 0.25) is 0 Å². The lowest BCUT2D eigenvalue weighted by Gasteiger charge is -2.11. The summed E-state index contributed by atoms with van der Waals surface area (Å²) in [5.41, 5.74) is 0.875. The topological polar surface area (TPSA) is 74.3 Å². The van der Waals surface area contributed by atoms with E-state index in [1.165, 1.54) is 0 Å². The number of anilines is 2. The summed E-state index contributed by atoms with van der Waals surface area (Å²) in [5.74, 6) is 0.462. The van der Waals surface area contributed by atoms with E-state index in [9.17, 15) is 8.42 Å². The average Bonchev–Trinajstić information content (AvgIpc) is 2.30. The molecule has 19 heavy (non-hydrogen) atoms. The summed E-state index contributed by atoms with van der Waals surface area (Å²) < 4.78 is 25.6. The zero-order valence-corrected chi connectivity index (χ0v) is 12.5. The molecule has 0 atom stereocenters. The lowest BCUT2D eigenvalue weighted by molar-refractivity contribution is 0.425. The molecule has 0 aliphatic heterocycles. The Morgan fingerprint density at radius 2 is 2.05 bits per heavy atom. The second-order valence-electron chi connectivity index (χ2n) is 4.58. The Morgan fingerprint density at radius 3 is 2.58 bits per heavy atom. The van der Waals surface area contributed by atoms with Gasteiger partial charge in [-0.25, -0.2) is 13.4 Å². The van der Waals surface area contributed by atoms with Gasteiger partial charge in [0.1, 0.15) is 5.82 Å². The van der Waals surface area contributed by atoms with E-state index in [0.717, 1.165) is 18.8 Å². The van der Waals surface area contributed by atoms with Crippen LogP contribution < -0.4 is 10.0 Å². The van der Waals surface area contributed by atoms with Gasteiger partial charge in [0.05, 0.1) is 17.6 Å². The predicted octanol–water partition coefficient (Wildman–Crippen LogP) is 1.21. The molecule has 0 fully saturated rings. The highest BCUT2D eigenvalue weighted by Gasteiger charge is 2.09. The number of likely N-dealkylation sites (N-methyl/N-ethyl adjacent to an activating group) is 1. The molecule has 0 aliphatic carbocycles. The Morgan fingerprint density at radius 1 is 1.32 bits per heavy atom. The van der Waals surface area contributed by atoms with Gasteiger partial charge in [0.2, 0.25) is 10.0 Å². The maximum absolute atomic E-state index is 11.6. The molecule has 2 N–H and O–H groups in total. The molecule has 108 valence electrons. The van der Waals surface area contributed by atoms with E-state index in [-0.39, 0.29) is 5.75 Å². The molecule has 7 heteroatoms. The largest absolute Gasteiger partial charge is 0.383 e. The minimum absolute atomic E-state index is 0.109. The minimum atomic E-state index is -3.27. The van der Waals surface area contributed by atoms with Crippen molar-refractivity contribution in [2.45, 2.75) is 13.3 Å². The molecule has 0 saturated carbocycles. The van der Waals surface area contributed by atoms with Gasteiger partial charge in [-0.2, -0.15) is 0 Å². The standard InChI is InChI=1S/C12H22N4O2S/c1-4-9-19(17,18)15-12-6-5-11(10-14-12)13-7-8-16(2)3/h5-6,10,13H,4,7-9H2,1-3H3,(H,14,15). The average molecular weight is 286 g/mol. The summed E-state index contributed by atoms with van der Waals surface area (Å²) in [7, 11) is 0.746. The zero-order valence-electron chi connectivity index (χ0n) is 11.7. The molecule has 1 aromatic rings. The van der Waals surface area contributed by atoms with Crippen LogP contribution in [0.3, 0.4) is 0 Å². The first-order valence-electron chi connectivity index (χ1n) is 6.28. The van der Waals surface area contributed by atoms with Gasteiger partial charge in [0.15, 0.2) is 0 Å². The van der Waals surface area contributed by atoms with E-state index in [2.05, 4.69) is 19.9 Å². The Bertz CT molecular complexity index is 471. The molecule has 0 unspecified atom stereocenters. The molecule has 0 aliphatic rings. The van der Waals surface area contributed by atoms with Crippen molar-refractivity contribution in [3.63, 3.8) is 0 Å².